The lowest BCUT2D eigenvalue weighted by atomic mass is 10.1. The van der Waals surface area contributed by atoms with Gasteiger partial charge in [0.2, 0.25) is 0 Å². The molecule has 0 aliphatic rings. The van der Waals surface area contributed by atoms with E-state index in [2.05, 4.69) is 26.2 Å². The van der Waals surface area contributed by atoms with E-state index >= 15 is 0 Å². The lowest BCUT2D eigenvalue weighted by Crippen LogP contribution is -2.20. The zero-order valence-corrected chi connectivity index (χ0v) is 12.3. The Balaban J connectivity index is 1.98. The van der Waals surface area contributed by atoms with Gasteiger partial charge in [-0.05, 0) is 40.2 Å². The smallest absolute Gasteiger partial charge is 0.127 e. The number of nitrogens with one attached hydrogen (secondary N) is 1. The molecule has 0 amide bonds. The fraction of sp³-hybridized carbons (Fsp3) is 0.133. The standard InChI is InChI=1S/C15H14BrN3O/c16-11-7-10-3-1-4-12(15(10)18-9-11)19-13(8-17)14-5-2-6-20-14/h1-7,9,13,19H,8,17H2. The van der Waals surface area contributed by atoms with Crippen LogP contribution in [0.1, 0.15) is 11.8 Å². The van der Waals surface area contributed by atoms with Crippen molar-refractivity contribution in [3.63, 3.8) is 0 Å². The predicted molar refractivity (Wildman–Crippen MR) is 83.6 cm³/mol. The quantitative estimate of drug-likeness (QED) is 0.765. The van der Waals surface area contributed by atoms with E-state index in [0.29, 0.717) is 6.54 Å². The van der Waals surface area contributed by atoms with Crippen LogP contribution in [0.25, 0.3) is 10.9 Å². The zero-order valence-electron chi connectivity index (χ0n) is 10.7. The van der Waals surface area contributed by atoms with E-state index in [1.165, 1.54) is 0 Å². The Bertz CT molecular complexity index is 712. The molecule has 1 aromatic carbocycles. The van der Waals surface area contributed by atoms with Crippen LogP contribution in [-0.4, -0.2) is 11.5 Å². The van der Waals surface area contributed by atoms with Gasteiger partial charge in [0.15, 0.2) is 0 Å². The molecule has 0 spiro atoms. The maximum atomic E-state index is 5.83. The first-order valence-corrected chi connectivity index (χ1v) is 7.11. The molecule has 3 aromatic rings. The number of hydrogen-bond donors (Lipinski definition) is 2. The molecule has 0 aliphatic carbocycles. The van der Waals surface area contributed by atoms with Gasteiger partial charge in [-0.25, -0.2) is 0 Å². The highest BCUT2D eigenvalue weighted by Gasteiger charge is 2.13. The van der Waals surface area contributed by atoms with E-state index < -0.39 is 0 Å². The summed E-state index contributed by atoms with van der Waals surface area (Å²) in [6.45, 7) is 0.445. The topological polar surface area (TPSA) is 64.1 Å². The fourth-order valence-corrected chi connectivity index (χ4v) is 2.52. The molecule has 0 saturated heterocycles. The predicted octanol–water partition coefficient (Wildman–Crippen LogP) is 3.70. The van der Waals surface area contributed by atoms with Crippen LogP contribution >= 0.6 is 15.9 Å². The monoisotopic (exact) mass is 331 g/mol. The molecule has 0 aliphatic heterocycles. The number of pyridine rings is 1. The van der Waals surface area contributed by atoms with Crippen molar-refractivity contribution in [3.8, 4) is 0 Å². The van der Waals surface area contributed by atoms with Crippen molar-refractivity contribution in [2.24, 2.45) is 5.73 Å². The molecule has 3 rings (SSSR count). The molecule has 2 heterocycles. The van der Waals surface area contributed by atoms with Crippen molar-refractivity contribution in [2.75, 3.05) is 11.9 Å². The minimum absolute atomic E-state index is 0.0685. The van der Waals surface area contributed by atoms with Crippen molar-refractivity contribution in [3.05, 3.63) is 59.1 Å². The van der Waals surface area contributed by atoms with E-state index in [1.807, 2.05) is 36.4 Å². The Labute approximate surface area is 125 Å². The van der Waals surface area contributed by atoms with Crippen LogP contribution in [0.2, 0.25) is 0 Å². The lowest BCUT2D eigenvalue weighted by molar-refractivity contribution is 0.482. The van der Waals surface area contributed by atoms with Crippen LogP contribution < -0.4 is 11.1 Å². The second-order valence-electron chi connectivity index (χ2n) is 4.48. The molecule has 0 saturated carbocycles. The summed E-state index contributed by atoms with van der Waals surface area (Å²) in [5.41, 5.74) is 7.69. The largest absolute Gasteiger partial charge is 0.467 e. The summed E-state index contributed by atoms with van der Waals surface area (Å²) in [5, 5.41) is 4.47. The average Bonchev–Trinajstić information content (AvgIpc) is 2.98. The van der Waals surface area contributed by atoms with Gasteiger partial charge in [-0.2, -0.15) is 0 Å². The number of nitrogens with zero attached hydrogens (tertiary/aromatic N) is 1. The molecule has 2 aromatic heterocycles. The van der Waals surface area contributed by atoms with Gasteiger partial charge >= 0.3 is 0 Å². The summed E-state index contributed by atoms with van der Waals surface area (Å²) >= 11 is 3.44. The molecule has 0 fully saturated rings. The van der Waals surface area contributed by atoms with Crippen LogP contribution in [0, 0.1) is 0 Å². The molecular weight excluding hydrogens is 318 g/mol. The Hall–Kier alpha value is -1.85. The van der Waals surface area contributed by atoms with E-state index in [-0.39, 0.29) is 6.04 Å². The Kier molecular flexibility index (Phi) is 3.71. The molecule has 4 nitrogen and oxygen atoms in total. The Morgan fingerprint density at radius 2 is 2.20 bits per heavy atom. The van der Waals surface area contributed by atoms with Crippen LogP contribution in [0.5, 0.6) is 0 Å². The van der Waals surface area contributed by atoms with Crippen molar-refractivity contribution in [1.29, 1.82) is 0 Å². The van der Waals surface area contributed by atoms with Gasteiger partial charge in [-0.1, -0.05) is 12.1 Å². The number of furan rings is 1. The minimum atomic E-state index is -0.0685. The summed E-state index contributed by atoms with van der Waals surface area (Å²) in [7, 11) is 0. The number of para-hydroxylation sites is 1. The van der Waals surface area contributed by atoms with Gasteiger partial charge in [0.05, 0.1) is 23.5 Å². The number of benzene rings is 1. The molecule has 0 bridgehead atoms. The average molecular weight is 332 g/mol. The minimum Gasteiger partial charge on any atom is -0.467 e. The second kappa shape index (κ2) is 5.64. The van der Waals surface area contributed by atoms with Crippen LogP contribution in [0.3, 0.4) is 0 Å². The highest BCUT2D eigenvalue weighted by molar-refractivity contribution is 9.10. The van der Waals surface area contributed by atoms with Crippen molar-refractivity contribution < 1.29 is 4.42 Å². The third-order valence-electron chi connectivity index (χ3n) is 3.13. The van der Waals surface area contributed by atoms with E-state index in [4.69, 9.17) is 10.2 Å². The lowest BCUT2D eigenvalue weighted by Gasteiger charge is -2.17. The number of rotatable bonds is 4. The number of halogens is 1. The zero-order chi connectivity index (χ0) is 13.9. The summed E-state index contributed by atoms with van der Waals surface area (Å²) in [6.07, 6.45) is 3.44. The normalized spacial score (nSPS) is 12.5. The first-order valence-electron chi connectivity index (χ1n) is 6.32. The van der Waals surface area contributed by atoms with Gasteiger partial charge in [-0.15, -0.1) is 0 Å². The van der Waals surface area contributed by atoms with E-state index in [1.54, 1.807) is 12.5 Å². The maximum Gasteiger partial charge on any atom is 0.127 e. The summed E-state index contributed by atoms with van der Waals surface area (Å²) in [6, 6.07) is 11.8. The Morgan fingerprint density at radius 3 is 2.95 bits per heavy atom. The summed E-state index contributed by atoms with van der Waals surface area (Å²) in [5.74, 6) is 0.821. The third-order valence-corrected chi connectivity index (χ3v) is 3.56. The number of hydrogen-bond acceptors (Lipinski definition) is 4. The Morgan fingerprint density at radius 1 is 1.30 bits per heavy atom. The van der Waals surface area contributed by atoms with Crippen molar-refractivity contribution in [1.82, 2.24) is 4.98 Å². The van der Waals surface area contributed by atoms with Gasteiger partial charge in [-0.3, -0.25) is 4.98 Å². The van der Waals surface area contributed by atoms with Crippen molar-refractivity contribution in [2.45, 2.75) is 6.04 Å². The molecule has 0 radical (unpaired) electrons. The summed E-state index contributed by atoms with van der Waals surface area (Å²) < 4.78 is 6.38. The number of fused-ring (bicyclic) bond motifs is 1. The van der Waals surface area contributed by atoms with Crippen LogP contribution in [0.4, 0.5) is 5.69 Å². The molecule has 102 valence electrons. The second-order valence-corrected chi connectivity index (χ2v) is 5.39. The molecule has 1 unspecified atom stereocenters. The highest BCUT2D eigenvalue weighted by atomic mass is 79.9. The molecular formula is C15H14BrN3O. The summed E-state index contributed by atoms with van der Waals surface area (Å²) in [4.78, 5) is 4.47. The first kappa shape index (κ1) is 13.1. The third kappa shape index (κ3) is 2.55. The molecule has 1 atom stereocenters. The van der Waals surface area contributed by atoms with Gasteiger partial charge in [0.1, 0.15) is 5.76 Å². The fourth-order valence-electron chi connectivity index (χ4n) is 2.17. The number of anilines is 1. The van der Waals surface area contributed by atoms with Gasteiger partial charge in [0.25, 0.3) is 0 Å². The molecule has 20 heavy (non-hydrogen) atoms. The van der Waals surface area contributed by atoms with Gasteiger partial charge < -0.3 is 15.5 Å². The number of aromatic nitrogens is 1. The first-order chi connectivity index (χ1) is 9.78. The number of nitrogens with two attached hydrogens (primary N) is 1. The molecule has 5 heteroatoms. The van der Waals surface area contributed by atoms with Crippen LogP contribution in [-0.2, 0) is 0 Å². The van der Waals surface area contributed by atoms with Gasteiger partial charge in [0, 0.05) is 22.6 Å². The SMILES string of the molecule is NCC(Nc1cccc2cc(Br)cnc12)c1ccco1. The maximum absolute atomic E-state index is 5.83. The highest BCUT2D eigenvalue weighted by Crippen LogP contribution is 2.27. The van der Waals surface area contributed by atoms with Crippen LogP contribution in [0.15, 0.2) is 57.7 Å². The van der Waals surface area contributed by atoms with E-state index in [0.717, 1.165) is 26.8 Å². The molecule has 3 N–H and O–H groups in total. The van der Waals surface area contributed by atoms with E-state index in [9.17, 15) is 0 Å². The van der Waals surface area contributed by atoms with Crippen molar-refractivity contribution >= 4 is 32.5 Å².